The number of aromatic carboxylic acids is 1. The van der Waals surface area contributed by atoms with Gasteiger partial charge in [0, 0.05) is 48.5 Å². The number of halogens is 1. The lowest BCUT2D eigenvalue weighted by molar-refractivity contribution is -0.122. The third-order valence-electron chi connectivity index (χ3n) is 5.12. The molecule has 0 unspecified atom stereocenters. The van der Waals surface area contributed by atoms with Crippen LogP contribution in [0.4, 0.5) is 11.4 Å². The van der Waals surface area contributed by atoms with Crippen molar-refractivity contribution in [2.75, 3.05) is 42.9 Å². The second kappa shape index (κ2) is 10.5. The zero-order valence-corrected chi connectivity index (χ0v) is 18.9. The fourth-order valence-corrected chi connectivity index (χ4v) is 3.76. The lowest BCUT2D eigenvalue weighted by Gasteiger charge is -2.36. The molecule has 0 bridgehead atoms. The number of nitrogens with zero attached hydrogens (tertiary/aromatic N) is 2. The van der Waals surface area contributed by atoms with Crippen molar-refractivity contribution in [1.29, 1.82) is 0 Å². The second-order valence-electron chi connectivity index (χ2n) is 7.98. The van der Waals surface area contributed by atoms with E-state index in [0.717, 1.165) is 5.69 Å². The summed E-state index contributed by atoms with van der Waals surface area (Å²) in [6, 6.07) is 11.5. The van der Waals surface area contributed by atoms with Gasteiger partial charge in [-0.2, -0.15) is 0 Å². The Hall–Kier alpha value is -3.10. The molecule has 2 aromatic rings. The highest BCUT2D eigenvalue weighted by atomic mass is 35.5. The quantitative estimate of drug-likeness (QED) is 0.589. The Bertz CT molecular complexity index is 1000. The van der Waals surface area contributed by atoms with Crippen molar-refractivity contribution in [1.82, 2.24) is 10.2 Å². The van der Waals surface area contributed by atoms with Crippen molar-refractivity contribution in [2.24, 2.45) is 0 Å². The largest absolute Gasteiger partial charge is 0.478 e. The van der Waals surface area contributed by atoms with Gasteiger partial charge in [-0.3, -0.25) is 14.5 Å². The number of anilines is 2. The van der Waals surface area contributed by atoms with Gasteiger partial charge in [-0.05, 0) is 50.2 Å². The van der Waals surface area contributed by atoms with Gasteiger partial charge in [0.2, 0.25) is 5.91 Å². The molecule has 8 nitrogen and oxygen atoms in total. The van der Waals surface area contributed by atoms with Crippen molar-refractivity contribution in [3.05, 3.63) is 58.6 Å². The maximum Gasteiger partial charge on any atom is 0.337 e. The first-order chi connectivity index (χ1) is 15.2. The smallest absolute Gasteiger partial charge is 0.337 e. The molecule has 0 aromatic heterocycles. The highest BCUT2D eigenvalue weighted by Crippen LogP contribution is 2.25. The van der Waals surface area contributed by atoms with Crippen molar-refractivity contribution in [3.8, 4) is 0 Å². The molecule has 9 heteroatoms. The van der Waals surface area contributed by atoms with Crippen LogP contribution in [0.1, 0.15) is 34.6 Å². The molecule has 1 fully saturated rings. The van der Waals surface area contributed by atoms with Crippen LogP contribution in [0.5, 0.6) is 0 Å². The van der Waals surface area contributed by atoms with E-state index >= 15 is 0 Å². The lowest BCUT2D eigenvalue weighted by Crippen LogP contribution is -2.50. The van der Waals surface area contributed by atoms with Crippen molar-refractivity contribution >= 4 is 40.8 Å². The minimum atomic E-state index is -1.13. The molecular weight excluding hydrogens is 432 g/mol. The van der Waals surface area contributed by atoms with Crippen LogP contribution in [0.15, 0.2) is 42.5 Å². The van der Waals surface area contributed by atoms with Crippen LogP contribution in [0.2, 0.25) is 5.02 Å². The van der Waals surface area contributed by atoms with Gasteiger partial charge >= 0.3 is 5.97 Å². The third-order valence-corrected chi connectivity index (χ3v) is 5.36. The molecule has 32 heavy (non-hydrogen) atoms. The Morgan fingerprint density at radius 2 is 1.78 bits per heavy atom. The van der Waals surface area contributed by atoms with E-state index in [0.29, 0.717) is 43.3 Å². The Morgan fingerprint density at radius 3 is 2.41 bits per heavy atom. The Labute approximate surface area is 192 Å². The van der Waals surface area contributed by atoms with Gasteiger partial charge in [-0.25, -0.2) is 4.79 Å². The molecule has 170 valence electrons. The average molecular weight is 459 g/mol. The molecule has 2 aromatic carbocycles. The molecule has 1 heterocycles. The summed E-state index contributed by atoms with van der Waals surface area (Å²) in [6.45, 7) is 6.93. The van der Waals surface area contributed by atoms with Crippen molar-refractivity contribution < 1.29 is 19.5 Å². The van der Waals surface area contributed by atoms with Crippen LogP contribution >= 0.6 is 11.6 Å². The molecule has 0 saturated carbocycles. The summed E-state index contributed by atoms with van der Waals surface area (Å²) in [5, 5.41) is 15.7. The number of nitrogens with one attached hydrogen (secondary N) is 2. The number of piperazine rings is 1. The summed E-state index contributed by atoms with van der Waals surface area (Å²) in [5.41, 5.74) is 1.33. The number of carboxylic acids is 1. The average Bonchev–Trinajstić information content (AvgIpc) is 2.74. The number of carboxylic acid groups (broad SMARTS) is 1. The van der Waals surface area contributed by atoms with Crippen molar-refractivity contribution in [3.63, 3.8) is 0 Å². The van der Waals surface area contributed by atoms with Crippen LogP contribution < -0.4 is 15.5 Å². The predicted molar refractivity (Wildman–Crippen MR) is 125 cm³/mol. The number of amides is 2. The van der Waals surface area contributed by atoms with Crippen LogP contribution in [0, 0.1) is 0 Å². The molecule has 0 radical (unpaired) electrons. The van der Waals surface area contributed by atoms with E-state index in [2.05, 4.69) is 20.4 Å². The molecule has 0 aliphatic carbocycles. The van der Waals surface area contributed by atoms with Gasteiger partial charge in [-0.15, -0.1) is 0 Å². The minimum Gasteiger partial charge on any atom is -0.478 e. The highest BCUT2D eigenvalue weighted by molar-refractivity contribution is 6.31. The summed E-state index contributed by atoms with van der Waals surface area (Å²) in [7, 11) is 0. The van der Waals surface area contributed by atoms with Gasteiger partial charge in [0.25, 0.3) is 5.91 Å². The molecule has 3 N–H and O–H groups in total. The topological polar surface area (TPSA) is 102 Å². The summed E-state index contributed by atoms with van der Waals surface area (Å²) in [5.74, 6) is -1.56. The van der Waals surface area contributed by atoms with Gasteiger partial charge in [-0.1, -0.05) is 17.7 Å². The van der Waals surface area contributed by atoms with E-state index in [1.54, 1.807) is 36.4 Å². The Balaban J connectivity index is 1.67. The fraction of sp³-hybridized carbons (Fsp3) is 0.348. The summed E-state index contributed by atoms with van der Waals surface area (Å²) in [6.07, 6.45) is 0. The molecule has 0 spiro atoms. The number of benzene rings is 2. The first-order valence-electron chi connectivity index (χ1n) is 10.4. The second-order valence-corrected chi connectivity index (χ2v) is 8.42. The first-order valence-corrected chi connectivity index (χ1v) is 10.8. The standard InChI is InChI=1S/C23H27ClN4O4/c1-15(2)25-21(29)14-27-8-10-28(11-9-27)18-6-7-20(19(13-18)23(31)32)26-22(30)16-4-3-5-17(24)12-16/h3-7,12-13,15H,8-11,14H2,1-2H3,(H,25,29)(H,26,30)(H,31,32). The van der Waals surface area contributed by atoms with E-state index < -0.39 is 11.9 Å². The number of hydrogen-bond donors (Lipinski definition) is 3. The summed E-state index contributed by atoms with van der Waals surface area (Å²) < 4.78 is 0. The van der Waals surface area contributed by atoms with Crippen LogP contribution in [-0.2, 0) is 4.79 Å². The Morgan fingerprint density at radius 1 is 1.06 bits per heavy atom. The van der Waals surface area contributed by atoms with Crippen LogP contribution in [-0.4, -0.2) is 66.6 Å². The van der Waals surface area contributed by atoms with Gasteiger partial charge in [0.1, 0.15) is 0 Å². The molecule has 1 aliphatic heterocycles. The normalized spacial score (nSPS) is 14.3. The third kappa shape index (κ3) is 6.21. The molecule has 0 atom stereocenters. The number of carbonyl (C=O) groups excluding carboxylic acids is 2. The van der Waals surface area contributed by atoms with E-state index in [1.807, 2.05) is 13.8 Å². The molecular formula is C23H27ClN4O4. The number of rotatable bonds is 7. The fourth-order valence-electron chi connectivity index (χ4n) is 3.57. The van der Waals surface area contributed by atoms with Crippen LogP contribution in [0.3, 0.4) is 0 Å². The Kier molecular flexibility index (Phi) is 7.71. The lowest BCUT2D eigenvalue weighted by atomic mass is 10.1. The predicted octanol–water partition coefficient (Wildman–Crippen LogP) is 2.94. The first kappa shape index (κ1) is 23.6. The zero-order valence-electron chi connectivity index (χ0n) is 18.1. The minimum absolute atomic E-state index is 0.00131. The summed E-state index contributed by atoms with van der Waals surface area (Å²) >= 11 is 5.94. The van der Waals surface area contributed by atoms with Crippen LogP contribution in [0.25, 0.3) is 0 Å². The monoisotopic (exact) mass is 458 g/mol. The highest BCUT2D eigenvalue weighted by Gasteiger charge is 2.22. The van der Waals surface area contributed by atoms with Gasteiger partial charge < -0.3 is 20.6 Å². The SMILES string of the molecule is CC(C)NC(=O)CN1CCN(c2ccc(NC(=O)c3cccc(Cl)c3)c(C(=O)O)c2)CC1. The number of hydrogen-bond acceptors (Lipinski definition) is 5. The maximum atomic E-state index is 12.5. The van der Waals surface area contributed by atoms with E-state index in [9.17, 15) is 19.5 Å². The number of carbonyl (C=O) groups is 3. The molecule has 3 rings (SSSR count). The zero-order chi connectivity index (χ0) is 23.3. The van der Waals surface area contributed by atoms with E-state index in [4.69, 9.17) is 11.6 Å². The van der Waals surface area contributed by atoms with Gasteiger partial charge in [0.05, 0.1) is 17.8 Å². The summed E-state index contributed by atoms with van der Waals surface area (Å²) in [4.78, 5) is 40.5. The molecule has 2 amide bonds. The van der Waals surface area contributed by atoms with E-state index in [1.165, 1.54) is 6.07 Å². The molecule has 1 saturated heterocycles. The van der Waals surface area contributed by atoms with E-state index in [-0.39, 0.29) is 23.2 Å². The molecule has 1 aliphatic rings. The van der Waals surface area contributed by atoms with Gasteiger partial charge in [0.15, 0.2) is 0 Å². The van der Waals surface area contributed by atoms with Crippen molar-refractivity contribution in [2.45, 2.75) is 19.9 Å². The maximum absolute atomic E-state index is 12.5.